The molecule has 2 aromatic carbocycles. The zero-order chi connectivity index (χ0) is 16.1. The van der Waals surface area contributed by atoms with Gasteiger partial charge in [-0.05, 0) is 29.5 Å². The van der Waals surface area contributed by atoms with Crippen LogP contribution in [0.4, 0.5) is 5.69 Å². The molecule has 23 heavy (non-hydrogen) atoms. The molecule has 0 spiro atoms. The van der Waals surface area contributed by atoms with Gasteiger partial charge in [0.15, 0.2) is 0 Å². The highest BCUT2D eigenvalue weighted by Crippen LogP contribution is 2.27. The molecular formula is C19H19NO2S. The normalized spacial score (nSPS) is 10.5. The van der Waals surface area contributed by atoms with Crippen molar-refractivity contribution in [3.8, 4) is 11.5 Å². The minimum atomic E-state index is 0.471. The monoisotopic (exact) mass is 325 g/mol. The fourth-order valence-corrected chi connectivity index (χ4v) is 2.91. The van der Waals surface area contributed by atoms with Crippen LogP contribution >= 0.6 is 11.3 Å². The molecule has 1 heterocycles. The van der Waals surface area contributed by atoms with Crippen molar-refractivity contribution in [2.75, 3.05) is 5.73 Å². The van der Waals surface area contributed by atoms with Crippen molar-refractivity contribution >= 4 is 17.0 Å². The maximum Gasteiger partial charge on any atom is 0.126 e. The van der Waals surface area contributed by atoms with Crippen LogP contribution in [0.25, 0.3) is 0 Å². The van der Waals surface area contributed by atoms with Crippen molar-refractivity contribution in [1.29, 1.82) is 0 Å². The second-order valence-electron chi connectivity index (χ2n) is 5.34. The maximum absolute atomic E-state index is 5.90. The minimum absolute atomic E-state index is 0.471. The second-order valence-corrected chi connectivity index (χ2v) is 6.09. The van der Waals surface area contributed by atoms with E-state index in [9.17, 15) is 0 Å². The van der Waals surface area contributed by atoms with Crippen LogP contribution in [0.2, 0.25) is 0 Å². The van der Waals surface area contributed by atoms with Gasteiger partial charge in [-0.15, -0.1) is 11.3 Å². The Hall–Kier alpha value is -2.46. The minimum Gasteiger partial charge on any atom is -0.489 e. The van der Waals surface area contributed by atoms with Crippen molar-refractivity contribution in [1.82, 2.24) is 0 Å². The van der Waals surface area contributed by atoms with Gasteiger partial charge in [0.1, 0.15) is 24.7 Å². The van der Waals surface area contributed by atoms with E-state index in [-0.39, 0.29) is 0 Å². The number of aryl methyl sites for hydroxylation is 1. The lowest BCUT2D eigenvalue weighted by molar-refractivity contribution is 0.289. The predicted octanol–water partition coefficient (Wildman–Crippen LogP) is 4.80. The smallest absolute Gasteiger partial charge is 0.126 e. The van der Waals surface area contributed by atoms with Crippen LogP contribution in [-0.4, -0.2) is 0 Å². The lowest BCUT2D eigenvalue weighted by atomic mass is 10.2. The molecule has 0 fully saturated rings. The van der Waals surface area contributed by atoms with Gasteiger partial charge < -0.3 is 15.2 Å². The van der Waals surface area contributed by atoms with Crippen molar-refractivity contribution in [3.63, 3.8) is 0 Å². The number of anilines is 1. The topological polar surface area (TPSA) is 44.5 Å². The molecule has 1 aromatic heterocycles. The van der Waals surface area contributed by atoms with Crippen molar-refractivity contribution in [3.05, 3.63) is 76.0 Å². The number of hydrogen-bond donors (Lipinski definition) is 1. The quantitative estimate of drug-likeness (QED) is 0.708. The Morgan fingerprint density at radius 2 is 1.78 bits per heavy atom. The van der Waals surface area contributed by atoms with E-state index < -0.39 is 0 Å². The summed E-state index contributed by atoms with van der Waals surface area (Å²) < 4.78 is 11.7. The molecule has 2 N–H and O–H groups in total. The van der Waals surface area contributed by atoms with E-state index in [0.717, 1.165) is 33.9 Å². The molecule has 4 heteroatoms. The summed E-state index contributed by atoms with van der Waals surface area (Å²) in [6.07, 6.45) is 0. The van der Waals surface area contributed by atoms with Gasteiger partial charge in [0.05, 0.1) is 0 Å². The fraction of sp³-hybridized carbons (Fsp3) is 0.158. The highest BCUT2D eigenvalue weighted by Gasteiger charge is 2.06. The summed E-state index contributed by atoms with van der Waals surface area (Å²) in [6.45, 7) is 3.03. The molecule has 0 aliphatic carbocycles. The molecule has 3 aromatic rings. The zero-order valence-electron chi connectivity index (χ0n) is 13.0. The average molecular weight is 325 g/mol. The van der Waals surface area contributed by atoms with Crippen molar-refractivity contribution in [2.45, 2.75) is 20.1 Å². The number of benzene rings is 2. The van der Waals surface area contributed by atoms with E-state index in [0.29, 0.717) is 13.2 Å². The fourth-order valence-electron chi connectivity index (χ4n) is 2.17. The van der Waals surface area contributed by atoms with Crippen molar-refractivity contribution in [2.24, 2.45) is 0 Å². The number of nitrogens with two attached hydrogens (primary N) is 1. The van der Waals surface area contributed by atoms with Crippen LogP contribution < -0.4 is 15.2 Å². The first-order valence-corrected chi connectivity index (χ1v) is 8.37. The SMILES string of the molecule is Cc1ccc(OCc2ccccc2)cc1OCc1cscc1N. The molecule has 0 saturated carbocycles. The largest absolute Gasteiger partial charge is 0.489 e. The predicted molar refractivity (Wildman–Crippen MR) is 95.0 cm³/mol. The molecular weight excluding hydrogens is 306 g/mol. The summed E-state index contributed by atoms with van der Waals surface area (Å²) in [5.41, 5.74) is 9.91. The summed E-state index contributed by atoms with van der Waals surface area (Å²) in [4.78, 5) is 0. The van der Waals surface area contributed by atoms with Gasteiger partial charge in [-0.25, -0.2) is 0 Å². The van der Waals surface area contributed by atoms with E-state index in [2.05, 4.69) is 0 Å². The second kappa shape index (κ2) is 7.20. The van der Waals surface area contributed by atoms with Crippen molar-refractivity contribution < 1.29 is 9.47 Å². The van der Waals surface area contributed by atoms with E-state index in [1.165, 1.54) is 0 Å². The first-order chi connectivity index (χ1) is 11.2. The van der Waals surface area contributed by atoms with Gasteiger partial charge in [-0.2, -0.15) is 0 Å². The first-order valence-electron chi connectivity index (χ1n) is 7.43. The molecule has 0 bridgehead atoms. The Kier molecular flexibility index (Phi) is 4.83. The molecule has 0 unspecified atom stereocenters. The molecule has 118 valence electrons. The number of nitrogen functional groups attached to an aromatic ring is 1. The van der Waals surface area contributed by atoms with Gasteiger partial charge >= 0.3 is 0 Å². The summed E-state index contributed by atoms with van der Waals surface area (Å²) in [7, 11) is 0. The maximum atomic E-state index is 5.90. The number of hydrogen-bond acceptors (Lipinski definition) is 4. The summed E-state index contributed by atoms with van der Waals surface area (Å²) in [5, 5.41) is 3.94. The Bertz CT molecular complexity index is 768. The summed E-state index contributed by atoms with van der Waals surface area (Å²) in [6, 6.07) is 16.0. The number of rotatable bonds is 6. The standard InChI is InChI=1S/C19H19NO2S/c1-14-7-8-17(21-10-15-5-3-2-4-6-15)9-19(14)22-11-16-12-23-13-18(16)20/h2-9,12-13H,10-11,20H2,1H3. The molecule has 0 saturated heterocycles. The van der Waals surface area contributed by atoms with E-state index >= 15 is 0 Å². The third-order valence-electron chi connectivity index (χ3n) is 3.57. The Labute approximate surface area is 140 Å². The molecule has 0 amide bonds. The third-order valence-corrected chi connectivity index (χ3v) is 4.38. The number of thiophene rings is 1. The Morgan fingerprint density at radius 1 is 0.957 bits per heavy atom. The van der Waals surface area contributed by atoms with Gasteiger partial charge in [0.25, 0.3) is 0 Å². The molecule has 0 atom stereocenters. The van der Waals surface area contributed by atoms with E-state index in [1.807, 2.05) is 66.2 Å². The van der Waals surface area contributed by atoms with Crippen LogP contribution in [0, 0.1) is 6.92 Å². The van der Waals surface area contributed by atoms with Crippen LogP contribution in [0.5, 0.6) is 11.5 Å². The molecule has 0 aliphatic heterocycles. The lowest BCUT2D eigenvalue weighted by Gasteiger charge is -2.12. The Morgan fingerprint density at radius 3 is 2.52 bits per heavy atom. The van der Waals surface area contributed by atoms with Crippen LogP contribution in [0.15, 0.2) is 59.3 Å². The highest BCUT2D eigenvalue weighted by molar-refractivity contribution is 7.08. The van der Waals surface area contributed by atoms with Gasteiger partial charge in [0.2, 0.25) is 0 Å². The molecule has 3 nitrogen and oxygen atoms in total. The number of ether oxygens (including phenoxy) is 2. The molecule has 3 rings (SSSR count). The summed E-state index contributed by atoms with van der Waals surface area (Å²) >= 11 is 1.58. The van der Waals surface area contributed by atoms with Crippen LogP contribution in [0.3, 0.4) is 0 Å². The Balaban J connectivity index is 1.65. The highest BCUT2D eigenvalue weighted by atomic mass is 32.1. The van der Waals surface area contributed by atoms with Gasteiger partial charge in [-0.3, -0.25) is 0 Å². The van der Waals surface area contributed by atoms with Gasteiger partial charge in [0, 0.05) is 22.7 Å². The van der Waals surface area contributed by atoms with Crippen LogP contribution in [-0.2, 0) is 13.2 Å². The third kappa shape index (κ3) is 4.05. The molecule has 0 aliphatic rings. The zero-order valence-corrected chi connectivity index (χ0v) is 13.8. The molecule has 0 radical (unpaired) electrons. The van der Waals surface area contributed by atoms with Crippen LogP contribution in [0.1, 0.15) is 16.7 Å². The summed E-state index contributed by atoms with van der Waals surface area (Å²) in [5.74, 6) is 1.62. The lowest BCUT2D eigenvalue weighted by Crippen LogP contribution is -2.00. The van der Waals surface area contributed by atoms with E-state index in [1.54, 1.807) is 11.3 Å². The first kappa shape index (κ1) is 15.4. The van der Waals surface area contributed by atoms with Gasteiger partial charge in [-0.1, -0.05) is 36.4 Å². The average Bonchev–Trinajstić information content (AvgIpc) is 2.99. The van der Waals surface area contributed by atoms with E-state index in [4.69, 9.17) is 15.2 Å².